The second-order valence-corrected chi connectivity index (χ2v) is 3.41. The van der Waals surface area contributed by atoms with Crippen molar-refractivity contribution < 1.29 is 4.74 Å². The van der Waals surface area contributed by atoms with Crippen LogP contribution in [0.15, 0.2) is 30.3 Å². The second-order valence-electron chi connectivity index (χ2n) is 3.41. The van der Waals surface area contributed by atoms with E-state index >= 15 is 0 Å². The third-order valence-corrected chi connectivity index (χ3v) is 2.17. The van der Waals surface area contributed by atoms with Crippen LogP contribution in [0.25, 0.3) is 10.9 Å². The standard InChI is InChI=1S/C12H14N2O/c1-2-8-15-10-5-3-4-9-6-7-11(13)14-12(9)10/h3-7H,2,8H2,1H3,(H2,13,14). The van der Waals surface area contributed by atoms with Crippen molar-refractivity contribution in [1.29, 1.82) is 0 Å². The Kier molecular flexibility index (Phi) is 2.72. The van der Waals surface area contributed by atoms with Gasteiger partial charge in [-0.3, -0.25) is 0 Å². The van der Waals surface area contributed by atoms with E-state index in [4.69, 9.17) is 10.5 Å². The number of hydrogen-bond acceptors (Lipinski definition) is 3. The van der Waals surface area contributed by atoms with Gasteiger partial charge in [0.15, 0.2) is 0 Å². The van der Waals surface area contributed by atoms with Gasteiger partial charge in [0.05, 0.1) is 6.61 Å². The monoisotopic (exact) mass is 202 g/mol. The molecule has 3 nitrogen and oxygen atoms in total. The van der Waals surface area contributed by atoms with Crippen LogP contribution in [0.4, 0.5) is 5.82 Å². The first-order chi connectivity index (χ1) is 7.31. The molecule has 2 rings (SSSR count). The van der Waals surface area contributed by atoms with Crippen molar-refractivity contribution in [2.75, 3.05) is 12.3 Å². The van der Waals surface area contributed by atoms with Gasteiger partial charge < -0.3 is 10.5 Å². The van der Waals surface area contributed by atoms with Crippen LogP contribution in [0.1, 0.15) is 13.3 Å². The number of aromatic nitrogens is 1. The van der Waals surface area contributed by atoms with Crippen LogP contribution >= 0.6 is 0 Å². The molecule has 0 saturated heterocycles. The fourth-order valence-electron chi connectivity index (χ4n) is 1.46. The number of pyridine rings is 1. The molecule has 0 fully saturated rings. The summed E-state index contributed by atoms with van der Waals surface area (Å²) in [6.45, 7) is 2.78. The average Bonchev–Trinajstić information content (AvgIpc) is 2.26. The molecule has 78 valence electrons. The van der Waals surface area contributed by atoms with E-state index in [-0.39, 0.29) is 0 Å². The fourth-order valence-corrected chi connectivity index (χ4v) is 1.46. The number of ether oxygens (including phenoxy) is 1. The molecule has 1 aromatic heterocycles. The molecule has 3 heteroatoms. The van der Waals surface area contributed by atoms with Crippen molar-refractivity contribution >= 4 is 16.7 Å². The second kappa shape index (κ2) is 4.17. The summed E-state index contributed by atoms with van der Waals surface area (Å²) in [5.41, 5.74) is 6.49. The van der Waals surface area contributed by atoms with E-state index in [9.17, 15) is 0 Å². The van der Waals surface area contributed by atoms with Gasteiger partial charge in [0.25, 0.3) is 0 Å². The normalized spacial score (nSPS) is 10.5. The lowest BCUT2D eigenvalue weighted by Crippen LogP contribution is -1.97. The summed E-state index contributed by atoms with van der Waals surface area (Å²) < 4.78 is 5.61. The summed E-state index contributed by atoms with van der Waals surface area (Å²) in [5.74, 6) is 1.33. The van der Waals surface area contributed by atoms with Gasteiger partial charge in [-0.2, -0.15) is 0 Å². The molecule has 1 heterocycles. The topological polar surface area (TPSA) is 48.1 Å². The maximum Gasteiger partial charge on any atom is 0.145 e. The predicted molar refractivity (Wildman–Crippen MR) is 61.9 cm³/mol. The van der Waals surface area contributed by atoms with E-state index in [0.29, 0.717) is 12.4 Å². The zero-order chi connectivity index (χ0) is 10.7. The minimum atomic E-state index is 0.523. The summed E-state index contributed by atoms with van der Waals surface area (Å²) in [6.07, 6.45) is 0.985. The Morgan fingerprint density at radius 2 is 2.13 bits per heavy atom. The highest BCUT2D eigenvalue weighted by molar-refractivity contribution is 5.85. The van der Waals surface area contributed by atoms with Crippen molar-refractivity contribution in [2.45, 2.75) is 13.3 Å². The molecule has 0 radical (unpaired) electrons. The number of anilines is 1. The lowest BCUT2D eigenvalue weighted by molar-refractivity contribution is 0.320. The Labute approximate surface area is 88.9 Å². The van der Waals surface area contributed by atoms with Gasteiger partial charge in [0.1, 0.15) is 17.1 Å². The van der Waals surface area contributed by atoms with Crippen LogP contribution in [0.2, 0.25) is 0 Å². The van der Waals surface area contributed by atoms with Gasteiger partial charge in [0.2, 0.25) is 0 Å². The molecule has 0 aliphatic rings. The lowest BCUT2D eigenvalue weighted by atomic mass is 10.2. The van der Waals surface area contributed by atoms with Gasteiger partial charge in [-0.15, -0.1) is 0 Å². The van der Waals surface area contributed by atoms with Crippen LogP contribution in [0, 0.1) is 0 Å². The van der Waals surface area contributed by atoms with Crippen molar-refractivity contribution in [1.82, 2.24) is 4.98 Å². The third-order valence-electron chi connectivity index (χ3n) is 2.17. The molecular formula is C12H14N2O. The van der Waals surface area contributed by atoms with E-state index in [0.717, 1.165) is 23.1 Å². The van der Waals surface area contributed by atoms with Gasteiger partial charge in [0, 0.05) is 5.39 Å². The minimum Gasteiger partial charge on any atom is -0.491 e. The fraction of sp³-hybridized carbons (Fsp3) is 0.250. The van der Waals surface area contributed by atoms with Gasteiger partial charge in [-0.25, -0.2) is 4.98 Å². The number of para-hydroxylation sites is 1. The smallest absolute Gasteiger partial charge is 0.145 e. The van der Waals surface area contributed by atoms with Crippen molar-refractivity contribution in [2.24, 2.45) is 0 Å². The quantitative estimate of drug-likeness (QED) is 0.832. The molecule has 0 unspecified atom stereocenters. The number of benzene rings is 1. The molecule has 0 aliphatic carbocycles. The van der Waals surface area contributed by atoms with Crippen molar-refractivity contribution in [3.63, 3.8) is 0 Å². The number of rotatable bonds is 3. The van der Waals surface area contributed by atoms with E-state index < -0.39 is 0 Å². The molecule has 1 aromatic carbocycles. The van der Waals surface area contributed by atoms with Crippen molar-refractivity contribution in [3.8, 4) is 5.75 Å². The minimum absolute atomic E-state index is 0.523. The zero-order valence-corrected chi connectivity index (χ0v) is 8.73. The first kappa shape index (κ1) is 9.77. The molecule has 15 heavy (non-hydrogen) atoms. The highest BCUT2D eigenvalue weighted by Gasteiger charge is 2.03. The van der Waals surface area contributed by atoms with E-state index in [1.54, 1.807) is 6.07 Å². The molecule has 0 amide bonds. The summed E-state index contributed by atoms with van der Waals surface area (Å²) in [4.78, 5) is 4.28. The van der Waals surface area contributed by atoms with Crippen molar-refractivity contribution in [3.05, 3.63) is 30.3 Å². The molecule has 0 spiro atoms. The summed E-state index contributed by atoms with van der Waals surface area (Å²) in [6, 6.07) is 9.64. The SMILES string of the molecule is CCCOc1cccc2ccc(N)nc12. The first-order valence-electron chi connectivity index (χ1n) is 5.09. The van der Waals surface area contributed by atoms with Gasteiger partial charge in [-0.1, -0.05) is 19.1 Å². The molecule has 0 aliphatic heterocycles. The Morgan fingerprint density at radius 1 is 1.27 bits per heavy atom. The molecule has 2 N–H and O–H groups in total. The Hall–Kier alpha value is -1.77. The summed E-state index contributed by atoms with van der Waals surface area (Å²) >= 11 is 0. The Bertz CT molecular complexity index is 468. The highest BCUT2D eigenvalue weighted by atomic mass is 16.5. The Morgan fingerprint density at radius 3 is 2.93 bits per heavy atom. The van der Waals surface area contributed by atoms with Crippen LogP contribution in [0.3, 0.4) is 0 Å². The number of nitrogen functional groups attached to an aromatic ring is 1. The van der Waals surface area contributed by atoms with Crippen LogP contribution in [0.5, 0.6) is 5.75 Å². The van der Waals surface area contributed by atoms with E-state index in [1.807, 2.05) is 24.3 Å². The van der Waals surface area contributed by atoms with Crippen LogP contribution in [-0.4, -0.2) is 11.6 Å². The molecule has 2 aromatic rings. The van der Waals surface area contributed by atoms with E-state index in [1.165, 1.54) is 0 Å². The Balaban J connectivity index is 2.48. The average molecular weight is 202 g/mol. The number of fused-ring (bicyclic) bond motifs is 1. The van der Waals surface area contributed by atoms with Gasteiger partial charge in [-0.05, 0) is 24.6 Å². The number of nitrogens with zero attached hydrogens (tertiary/aromatic N) is 1. The lowest BCUT2D eigenvalue weighted by Gasteiger charge is -2.07. The molecule has 0 atom stereocenters. The zero-order valence-electron chi connectivity index (χ0n) is 8.73. The molecule has 0 bridgehead atoms. The van der Waals surface area contributed by atoms with E-state index in [2.05, 4.69) is 11.9 Å². The summed E-state index contributed by atoms with van der Waals surface area (Å²) in [7, 11) is 0. The largest absolute Gasteiger partial charge is 0.491 e. The number of hydrogen-bond donors (Lipinski definition) is 1. The molecular weight excluding hydrogens is 188 g/mol. The van der Waals surface area contributed by atoms with Crippen LogP contribution in [-0.2, 0) is 0 Å². The highest BCUT2D eigenvalue weighted by Crippen LogP contribution is 2.24. The predicted octanol–water partition coefficient (Wildman–Crippen LogP) is 2.61. The maximum absolute atomic E-state index is 5.65. The van der Waals surface area contributed by atoms with Gasteiger partial charge >= 0.3 is 0 Å². The first-order valence-corrected chi connectivity index (χ1v) is 5.09. The third kappa shape index (κ3) is 2.01. The maximum atomic E-state index is 5.65. The molecule has 0 saturated carbocycles. The summed E-state index contributed by atoms with van der Waals surface area (Å²) in [5, 5.41) is 1.05. The van der Waals surface area contributed by atoms with Crippen LogP contribution < -0.4 is 10.5 Å². The number of nitrogens with two attached hydrogens (primary N) is 1.